The van der Waals surface area contributed by atoms with E-state index < -0.39 is 28.5 Å². The molecule has 0 bridgehead atoms. The number of benzene rings is 2. The maximum atomic E-state index is 13.8. The van der Waals surface area contributed by atoms with E-state index in [0.29, 0.717) is 33.1 Å². The summed E-state index contributed by atoms with van der Waals surface area (Å²) in [4.78, 5) is 53.8. The predicted octanol–water partition coefficient (Wildman–Crippen LogP) is 3.51. The number of nitro benzene ring substituents is 1. The molecule has 0 saturated heterocycles. The van der Waals surface area contributed by atoms with Crippen LogP contribution in [0.1, 0.15) is 31.2 Å². The number of methoxy groups -OCH3 is 2. The molecule has 12 nitrogen and oxygen atoms in total. The summed E-state index contributed by atoms with van der Waals surface area (Å²) < 4.78 is 23.2. The van der Waals surface area contributed by atoms with Crippen molar-refractivity contribution in [3.63, 3.8) is 0 Å². The van der Waals surface area contributed by atoms with E-state index in [1.807, 2.05) is 0 Å². The quantitative estimate of drug-likeness (QED) is 0.136. The minimum atomic E-state index is -0.923. The van der Waals surface area contributed by atoms with Crippen molar-refractivity contribution >= 4 is 35.0 Å². The van der Waals surface area contributed by atoms with Gasteiger partial charge in [-0.05, 0) is 36.8 Å². The zero-order valence-corrected chi connectivity index (χ0v) is 23.6. The molecule has 0 spiro atoms. The number of nitrogens with zero attached hydrogens (tertiary/aromatic N) is 3. The molecular formula is C29H23N3O9S. The minimum absolute atomic E-state index is 0.0759. The zero-order valence-electron chi connectivity index (χ0n) is 22.8. The Morgan fingerprint density at radius 2 is 1.90 bits per heavy atom. The number of allylic oxidation sites excluding steroid dienone is 1. The Morgan fingerprint density at radius 1 is 1.12 bits per heavy atom. The molecule has 13 heteroatoms. The molecule has 0 radical (unpaired) electrons. The van der Waals surface area contributed by atoms with Crippen LogP contribution in [0.3, 0.4) is 0 Å². The van der Waals surface area contributed by atoms with Gasteiger partial charge in [-0.3, -0.25) is 24.3 Å². The van der Waals surface area contributed by atoms with Crippen molar-refractivity contribution in [1.82, 2.24) is 4.57 Å². The highest BCUT2D eigenvalue weighted by molar-refractivity contribution is 7.07. The number of hydrogen-bond donors (Lipinski definition) is 0. The SMILES string of the molecule is COC(=O)C1=C(C)N=c2s/c(=C/c3ccc(-c4cccc([N+](=O)[O-])c4)o3)c(=O)n2C1c1ccc(OC(C)=O)c(OC)c1. The first-order valence-electron chi connectivity index (χ1n) is 12.4. The largest absolute Gasteiger partial charge is 0.493 e. The minimum Gasteiger partial charge on any atom is -0.493 e. The van der Waals surface area contributed by atoms with Crippen molar-refractivity contribution in [3.05, 3.63) is 107 Å². The maximum Gasteiger partial charge on any atom is 0.338 e. The average Bonchev–Trinajstić information content (AvgIpc) is 3.56. The second-order valence-corrected chi connectivity index (χ2v) is 10.1. The van der Waals surface area contributed by atoms with Gasteiger partial charge in [-0.15, -0.1) is 0 Å². The summed E-state index contributed by atoms with van der Waals surface area (Å²) in [6, 6.07) is 13.1. The van der Waals surface area contributed by atoms with E-state index >= 15 is 0 Å². The number of esters is 2. The molecule has 214 valence electrons. The summed E-state index contributed by atoms with van der Waals surface area (Å²) in [5.74, 6) is -0.0568. The molecule has 0 amide bonds. The first-order chi connectivity index (χ1) is 20.1. The predicted molar refractivity (Wildman–Crippen MR) is 151 cm³/mol. The zero-order chi connectivity index (χ0) is 30.1. The van der Waals surface area contributed by atoms with Crippen LogP contribution in [0.15, 0.2) is 80.1 Å². The van der Waals surface area contributed by atoms with E-state index in [2.05, 4.69) is 4.99 Å². The molecule has 2 aromatic carbocycles. The number of fused-ring (bicyclic) bond motifs is 1. The molecule has 2 aromatic heterocycles. The van der Waals surface area contributed by atoms with Crippen LogP contribution in [-0.2, 0) is 14.3 Å². The van der Waals surface area contributed by atoms with Gasteiger partial charge in [-0.2, -0.15) is 0 Å². The van der Waals surface area contributed by atoms with E-state index in [1.165, 1.54) is 43.9 Å². The van der Waals surface area contributed by atoms with E-state index in [4.69, 9.17) is 18.6 Å². The lowest BCUT2D eigenvalue weighted by atomic mass is 9.95. The van der Waals surface area contributed by atoms with Gasteiger partial charge < -0.3 is 18.6 Å². The van der Waals surface area contributed by atoms with Crippen LogP contribution in [0.4, 0.5) is 5.69 Å². The highest BCUT2D eigenvalue weighted by Crippen LogP contribution is 2.36. The van der Waals surface area contributed by atoms with E-state index in [0.717, 1.165) is 11.3 Å². The smallest absolute Gasteiger partial charge is 0.338 e. The van der Waals surface area contributed by atoms with E-state index in [-0.39, 0.29) is 27.3 Å². The van der Waals surface area contributed by atoms with Gasteiger partial charge in [0.1, 0.15) is 11.5 Å². The first kappa shape index (κ1) is 28.2. The number of nitro groups is 1. The van der Waals surface area contributed by atoms with Crippen LogP contribution >= 0.6 is 11.3 Å². The fourth-order valence-corrected chi connectivity index (χ4v) is 5.62. The number of furan rings is 1. The third kappa shape index (κ3) is 5.24. The van der Waals surface area contributed by atoms with Crippen LogP contribution in [0.2, 0.25) is 0 Å². The molecule has 5 rings (SSSR count). The Bertz CT molecular complexity index is 1970. The number of carbonyl (C=O) groups excluding carboxylic acids is 2. The third-order valence-corrected chi connectivity index (χ3v) is 7.41. The second-order valence-electron chi connectivity index (χ2n) is 9.09. The standard InChI is InChI=1S/C29H23N3O9S/c1-15-25(28(35)39-4)26(18-8-10-22(40-16(2)33)23(13-18)38-3)31-27(34)24(42-29(31)30-15)14-20-9-11-21(41-20)17-6-5-7-19(12-17)32(36)37/h5-14,26H,1-4H3/b24-14+. The number of rotatable bonds is 7. The average molecular weight is 590 g/mol. The summed E-state index contributed by atoms with van der Waals surface area (Å²) in [5.41, 5.74) is 1.02. The molecule has 1 aliphatic heterocycles. The van der Waals surface area contributed by atoms with Crippen LogP contribution < -0.4 is 24.4 Å². The highest BCUT2D eigenvalue weighted by atomic mass is 32.1. The molecule has 0 aliphatic carbocycles. The lowest BCUT2D eigenvalue weighted by Crippen LogP contribution is -2.39. The number of non-ortho nitro benzene ring substituents is 1. The Morgan fingerprint density at radius 3 is 2.60 bits per heavy atom. The van der Waals surface area contributed by atoms with Crippen molar-refractivity contribution in [3.8, 4) is 22.8 Å². The van der Waals surface area contributed by atoms with Gasteiger partial charge in [0.15, 0.2) is 16.3 Å². The third-order valence-electron chi connectivity index (χ3n) is 6.43. The fourth-order valence-electron chi connectivity index (χ4n) is 4.59. The first-order valence-corrected chi connectivity index (χ1v) is 13.2. The molecule has 4 aromatic rings. The van der Waals surface area contributed by atoms with Crippen LogP contribution in [-0.4, -0.2) is 35.6 Å². The lowest BCUT2D eigenvalue weighted by molar-refractivity contribution is -0.384. The summed E-state index contributed by atoms with van der Waals surface area (Å²) in [7, 11) is 2.65. The van der Waals surface area contributed by atoms with Crippen molar-refractivity contribution in [1.29, 1.82) is 0 Å². The van der Waals surface area contributed by atoms with Crippen LogP contribution in [0.5, 0.6) is 11.5 Å². The molecule has 0 saturated carbocycles. The summed E-state index contributed by atoms with van der Waals surface area (Å²) in [6.07, 6.45) is 1.54. The Kier molecular flexibility index (Phi) is 7.59. The van der Waals surface area contributed by atoms with Gasteiger partial charge >= 0.3 is 11.9 Å². The molecule has 1 aliphatic rings. The van der Waals surface area contributed by atoms with Gasteiger partial charge in [-0.25, -0.2) is 9.79 Å². The normalized spacial score (nSPS) is 14.7. The summed E-state index contributed by atoms with van der Waals surface area (Å²) in [6.45, 7) is 2.91. The van der Waals surface area contributed by atoms with Gasteiger partial charge in [0.25, 0.3) is 11.2 Å². The molecule has 1 atom stereocenters. The topological polar surface area (TPSA) is 152 Å². The van der Waals surface area contributed by atoms with Crippen LogP contribution in [0, 0.1) is 10.1 Å². The highest BCUT2D eigenvalue weighted by Gasteiger charge is 2.33. The Balaban J connectivity index is 1.63. The fraction of sp³-hybridized carbons (Fsp3) is 0.172. The van der Waals surface area contributed by atoms with E-state index in [1.54, 1.807) is 49.4 Å². The monoisotopic (exact) mass is 589 g/mol. The number of aromatic nitrogens is 1. The Hall–Kier alpha value is -5.30. The van der Waals surface area contributed by atoms with Crippen molar-refractivity contribution in [2.75, 3.05) is 14.2 Å². The van der Waals surface area contributed by atoms with Crippen molar-refractivity contribution in [2.45, 2.75) is 19.9 Å². The van der Waals surface area contributed by atoms with Crippen molar-refractivity contribution < 1.29 is 33.1 Å². The number of thiazole rings is 1. The number of ether oxygens (including phenoxy) is 3. The number of carbonyl (C=O) groups is 2. The lowest BCUT2D eigenvalue weighted by Gasteiger charge is -2.25. The van der Waals surface area contributed by atoms with Crippen LogP contribution in [0.25, 0.3) is 17.4 Å². The molecular weight excluding hydrogens is 566 g/mol. The number of hydrogen-bond acceptors (Lipinski definition) is 11. The van der Waals surface area contributed by atoms with Gasteiger partial charge in [0.2, 0.25) is 0 Å². The van der Waals surface area contributed by atoms with Gasteiger partial charge in [0, 0.05) is 30.7 Å². The van der Waals surface area contributed by atoms with E-state index in [9.17, 15) is 24.5 Å². The molecule has 42 heavy (non-hydrogen) atoms. The Labute approximate surface area is 241 Å². The molecule has 0 N–H and O–H groups in total. The maximum absolute atomic E-state index is 13.8. The van der Waals surface area contributed by atoms with Gasteiger partial charge in [0.05, 0.1) is 41.0 Å². The summed E-state index contributed by atoms with van der Waals surface area (Å²) in [5, 5.41) is 11.2. The van der Waals surface area contributed by atoms with Gasteiger partial charge in [-0.1, -0.05) is 29.5 Å². The van der Waals surface area contributed by atoms with Crippen molar-refractivity contribution in [2.24, 2.45) is 4.99 Å². The molecule has 1 unspecified atom stereocenters. The molecule has 0 fully saturated rings. The molecule has 3 heterocycles. The summed E-state index contributed by atoms with van der Waals surface area (Å²) >= 11 is 1.11. The second kappa shape index (κ2) is 11.3.